The summed E-state index contributed by atoms with van der Waals surface area (Å²) >= 11 is 6.03. The lowest BCUT2D eigenvalue weighted by molar-refractivity contribution is 0.979. The van der Waals surface area contributed by atoms with Crippen molar-refractivity contribution >= 4 is 23.2 Å². The monoisotopic (exact) mass is 300 g/mol. The number of halogens is 1. The number of nitrogens with one attached hydrogen (secondary N) is 2. The molecule has 0 amide bonds. The number of hydrogen-bond acceptors (Lipinski definition) is 5. The molecule has 0 atom stereocenters. The fourth-order valence-corrected chi connectivity index (χ4v) is 2.00. The first-order valence-electron chi connectivity index (χ1n) is 6.37. The van der Waals surface area contributed by atoms with Crippen LogP contribution >= 0.6 is 11.6 Å². The summed E-state index contributed by atoms with van der Waals surface area (Å²) in [6, 6.07) is 7.51. The number of hydrogen-bond donors (Lipinski definition) is 2. The molecule has 0 spiro atoms. The molecule has 3 aromatic rings. The van der Waals surface area contributed by atoms with Crippen molar-refractivity contribution in [3.05, 3.63) is 46.7 Å². The number of rotatable bonds is 3. The molecule has 106 valence electrons. The lowest BCUT2D eigenvalue weighted by Crippen LogP contribution is -1.99. The average Bonchev–Trinajstić information content (AvgIpc) is 2.87. The zero-order chi connectivity index (χ0) is 14.8. The Morgan fingerprint density at radius 2 is 2.00 bits per heavy atom. The number of H-pyrrole nitrogens is 1. The van der Waals surface area contributed by atoms with E-state index < -0.39 is 0 Å². The van der Waals surface area contributed by atoms with Crippen molar-refractivity contribution < 1.29 is 0 Å². The van der Waals surface area contributed by atoms with Crippen molar-refractivity contribution in [2.24, 2.45) is 0 Å². The van der Waals surface area contributed by atoms with Gasteiger partial charge in [-0.3, -0.25) is 5.10 Å². The van der Waals surface area contributed by atoms with Crippen LogP contribution in [0.5, 0.6) is 0 Å². The summed E-state index contributed by atoms with van der Waals surface area (Å²) < 4.78 is 0. The zero-order valence-electron chi connectivity index (χ0n) is 11.6. The molecule has 0 aliphatic heterocycles. The van der Waals surface area contributed by atoms with Crippen molar-refractivity contribution in [2.45, 2.75) is 13.8 Å². The molecule has 0 saturated heterocycles. The molecule has 1 aromatic carbocycles. The molecule has 7 heteroatoms. The molecule has 2 N–H and O–H groups in total. The van der Waals surface area contributed by atoms with Crippen molar-refractivity contribution in [1.82, 2.24) is 25.4 Å². The minimum Gasteiger partial charge on any atom is -0.322 e. The Kier molecular flexibility index (Phi) is 3.53. The van der Waals surface area contributed by atoms with Gasteiger partial charge in [0.05, 0.1) is 6.20 Å². The highest BCUT2D eigenvalue weighted by Crippen LogP contribution is 2.23. The van der Waals surface area contributed by atoms with Gasteiger partial charge in [-0.25, -0.2) is 4.98 Å². The molecule has 21 heavy (non-hydrogen) atoms. The molecule has 0 aliphatic rings. The van der Waals surface area contributed by atoms with Crippen LogP contribution in [0.3, 0.4) is 0 Å². The maximum absolute atomic E-state index is 6.03. The van der Waals surface area contributed by atoms with Gasteiger partial charge in [-0.15, -0.1) is 5.10 Å². The second-order valence-electron chi connectivity index (χ2n) is 4.69. The molecule has 3 rings (SSSR count). The summed E-state index contributed by atoms with van der Waals surface area (Å²) in [5, 5.41) is 18.8. The largest absolute Gasteiger partial charge is 0.322 e. The van der Waals surface area contributed by atoms with E-state index in [0.717, 1.165) is 16.8 Å². The molecule has 0 aliphatic carbocycles. The van der Waals surface area contributed by atoms with Crippen molar-refractivity contribution in [3.63, 3.8) is 0 Å². The van der Waals surface area contributed by atoms with Gasteiger partial charge in [0, 0.05) is 22.3 Å². The Hall–Kier alpha value is -2.47. The van der Waals surface area contributed by atoms with Crippen LogP contribution in [-0.2, 0) is 0 Å². The van der Waals surface area contributed by atoms with Gasteiger partial charge in [0.25, 0.3) is 0 Å². The van der Waals surface area contributed by atoms with Gasteiger partial charge < -0.3 is 5.32 Å². The maximum Gasteiger partial charge on any atom is 0.183 e. The van der Waals surface area contributed by atoms with Crippen molar-refractivity contribution in [3.8, 4) is 11.4 Å². The van der Waals surface area contributed by atoms with E-state index in [1.807, 2.05) is 38.1 Å². The first kappa shape index (κ1) is 13.5. The second kappa shape index (κ2) is 5.49. The van der Waals surface area contributed by atoms with E-state index >= 15 is 0 Å². The van der Waals surface area contributed by atoms with Gasteiger partial charge in [0.1, 0.15) is 0 Å². The Morgan fingerprint density at radius 3 is 2.71 bits per heavy atom. The summed E-state index contributed by atoms with van der Waals surface area (Å²) in [4.78, 5) is 4.44. The smallest absolute Gasteiger partial charge is 0.183 e. The minimum absolute atomic E-state index is 0.534. The van der Waals surface area contributed by atoms with E-state index in [0.29, 0.717) is 22.5 Å². The average molecular weight is 301 g/mol. The van der Waals surface area contributed by atoms with Crippen LogP contribution in [0.1, 0.15) is 11.3 Å². The lowest BCUT2D eigenvalue weighted by atomic mass is 10.1. The van der Waals surface area contributed by atoms with Gasteiger partial charge in [-0.1, -0.05) is 11.6 Å². The van der Waals surface area contributed by atoms with Gasteiger partial charge in [0.2, 0.25) is 0 Å². The van der Waals surface area contributed by atoms with Crippen LogP contribution in [0.15, 0.2) is 30.5 Å². The molecule has 0 saturated carbocycles. The third-order valence-corrected chi connectivity index (χ3v) is 3.36. The van der Waals surface area contributed by atoms with Gasteiger partial charge in [-0.2, -0.15) is 10.2 Å². The molecule has 0 unspecified atom stereocenters. The molecule has 6 nitrogen and oxygen atoms in total. The molecule has 0 radical (unpaired) electrons. The first-order chi connectivity index (χ1) is 10.1. The highest BCUT2D eigenvalue weighted by atomic mass is 35.5. The number of aryl methyl sites for hydroxylation is 2. The lowest BCUT2D eigenvalue weighted by Gasteiger charge is -2.05. The van der Waals surface area contributed by atoms with Crippen LogP contribution in [0.25, 0.3) is 11.4 Å². The predicted octanol–water partition coefficient (Wildman–Crippen LogP) is 3.28. The van der Waals surface area contributed by atoms with Crippen LogP contribution in [0.4, 0.5) is 11.6 Å². The number of aromatic amines is 1. The SMILES string of the molecule is Cc1cc(Nc2cnnc(-c3ccc(Cl)c(C)c3)n2)n[nH]1. The fourth-order valence-electron chi connectivity index (χ4n) is 1.88. The Morgan fingerprint density at radius 1 is 1.14 bits per heavy atom. The Balaban J connectivity index is 1.90. The summed E-state index contributed by atoms with van der Waals surface area (Å²) in [5.41, 5.74) is 2.80. The molecular formula is C14H13ClN6. The van der Waals surface area contributed by atoms with Crippen molar-refractivity contribution in [2.75, 3.05) is 5.32 Å². The van der Waals surface area contributed by atoms with Crippen LogP contribution < -0.4 is 5.32 Å². The Labute approximate surface area is 126 Å². The third-order valence-electron chi connectivity index (χ3n) is 2.94. The van der Waals surface area contributed by atoms with Crippen molar-refractivity contribution in [1.29, 1.82) is 0 Å². The topological polar surface area (TPSA) is 79.4 Å². The summed E-state index contributed by atoms with van der Waals surface area (Å²) in [7, 11) is 0. The first-order valence-corrected chi connectivity index (χ1v) is 6.75. The molecule has 0 bridgehead atoms. The standard InChI is InChI=1S/C14H13ClN6/c1-8-5-10(3-4-11(8)15)14-18-13(7-16-21-14)17-12-6-9(2)19-20-12/h3-7H,1-2H3,(H2,17,18,19,20,21). The van der Waals surface area contributed by atoms with E-state index in [1.54, 1.807) is 6.20 Å². The zero-order valence-corrected chi connectivity index (χ0v) is 12.3. The number of aromatic nitrogens is 5. The number of nitrogens with zero attached hydrogens (tertiary/aromatic N) is 4. The van der Waals surface area contributed by atoms with Crippen LogP contribution in [-0.4, -0.2) is 25.4 Å². The highest BCUT2D eigenvalue weighted by molar-refractivity contribution is 6.31. The van der Waals surface area contributed by atoms with Gasteiger partial charge in [-0.05, 0) is 37.6 Å². The fraction of sp³-hybridized carbons (Fsp3) is 0.143. The normalized spacial score (nSPS) is 10.6. The summed E-state index contributed by atoms with van der Waals surface area (Å²) in [6.45, 7) is 3.87. The molecule has 0 fully saturated rings. The predicted molar refractivity (Wildman–Crippen MR) is 81.6 cm³/mol. The van der Waals surface area contributed by atoms with E-state index in [-0.39, 0.29) is 0 Å². The van der Waals surface area contributed by atoms with E-state index in [9.17, 15) is 0 Å². The van der Waals surface area contributed by atoms with E-state index in [4.69, 9.17) is 11.6 Å². The molecular weight excluding hydrogens is 288 g/mol. The number of anilines is 2. The highest BCUT2D eigenvalue weighted by Gasteiger charge is 2.07. The molecule has 2 heterocycles. The third kappa shape index (κ3) is 3.00. The van der Waals surface area contributed by atoms with E-state index in [1.165, 1.54) is 0 Å². The minimum atomic E-state index is 0.534. The van der Waals surface area contributed by atoms with Gasteiger partial charge in [0.15, 0.2) is 17.5 Å². The summed E-state index contributed by atoms with van der Waals surface area (Å²) in [6.07, 6.45) is 1.55. The quantitative estimate of drug-likeness (QED) is 0.776. The Bertz CT molecular complexity index is 783. The second-order valence-corrected chi connectivity index (χ2v) is 5.10. The van der Waals surface area contributed by atoms with Crippen LogP contribution in [0, 0.1) is 13.8 Å². The van der Waals surface area contributed by atoms with Crippen LogP contribution in [0.2, 0.25) is 5.02 Å². The summed E-state index contributed by atoms with van der Waals surface area (Å²) in [5.74, 6) is 1.80. The van der Waals surface area contributed by atoms with Gasteiger partial charge >= 0.3 is 0 Å². The molecule has 2 aromatic heterocycles. The maximum atomic E-state index is 6.03. The number of benzene rings is 1. The van der Waals surface area contributed by atoms with E-state index in [2.05, 4.69) is 30.7 Å².